The van der Waals surface area contributed by atoms with Crippen LogP contribution in [0.3, 0.4) is 0 Å². The van der Waals surface area contributed by atoms with Crippen molar-refractivity contribution in [1.82, 2.24) is 29.9 Å². The lowest BCUT2D eigenvalue weighted by molar-refractivity contribution is 0.531. The third-order valence-corrected chi connectivity index (χ3v) is 12.6. The number of rotatable bonds is 8. The molecule has 0 amide bonds. The Bertz CT molecular complexity index is 3340. The van der Waals surface area contributed by atoms with Crippen molar-refractivity contribution in [2.45, 2.75) is 31.6 Å². The van der Waals surface area contributed by atoms with Gasteiger partial charge in [-0.25, -0.2) is 29.9 Å². The van der Waals surface area contributed by atoms with Crippen molar-refractivity contribution in [2.75, 3.05) is 0 Å². The fraction of sp³-hybridized carbons (Fsp3) is 0.103. The highest BCUT2D eigenvalue weighted by Gasteiger charge is 2.32. The lowest BCUT2D eigenvalue weighted by Gasteiger charge is -2.28. The molecule has 2 aliphatic rings. The summed E-state index contributed by atoms with van der Waals surface area (Å²) in [5.41, 5.74) is 8.02. The van der Waals surface area contributed by atoms with Gasteiger partial charge in [-0.1, -0.05) is 207 Å². The second kappa shape index (κ2) is 16.4. The van der Waals surface area contributed by atoms with Crippen LogP contribution in [-0.4, -0.2) is 29.9 Å². The Morgan fingerprint density at radius 3 is 1.69 bits per heavy atom. The van der Waals surface area contributed by atoms with Crippen molar-refractivity contribution in [3.8, 4) is 56.7 Å². The Hall–Kier alpha value is -7.96. The van der Waals surface area contributed by atoms with E-state index >= 15 is 0 Å². The molecule has 6 heteroatoms. The van der Waals surface area contributed by atoms with Crippen LogP contribution >= 0.6 is 0 Å². The lowest BCUT2D eigenvalue weighted by Crippen LogP contribution is -2.26. The summed E-state index contributed by atoms with van der Waals surface area (Å²) in [6.45, 7) is 4.46. The Morgan fingerprint density at radius 2 is 1.02 bits per heavy atom. The summed E-state index contributed by atoms with van der Waals surface area (Å²) < 4.78 is 0. The third-order valence-electron chi connectivity index (χ3n) is 12.6. The summed E-state index contributed by atoms with van der Waals surface area (Å²) in [5, 5.41) is 4.55. The van der Waals surface area contributed by atoms with Crippen LogP contribution in [0.15, 0.2) is 206 Å². The molecule has 0 spiro atoms. The van der Waals surface area contributed by atoms with Crippen molar-refractivity contribution < 1.29 is 0 Å². The minimum absolute atomic E-state index is 0.0658. The van der Waals surface area contributed by atoms with Crippen LogP contribution in [0.25, 0.3) is 83.8 Å². The number of hydrogen-bond acceptors (Lipinski definition) is 6. The summed E-state index contributed by atoms with van der Waals surface area (Å²) in [6.07, 6.45) is 16.2. The first-order valence-corrected chi connectivity index (χ1v) is 22.0. The van der Waals surface area contributed by atoms with E-state index in [0.717, 1.165) is 73.2 Å². The van der Waals surface area contributed by atoms with Gasteiger partial charge >= 0.3 is 0 Å². The molecule has 6 nitrogen and oxygen atoms in total. The zero-order chi connectivity index (χ0) is 43.0. The molecule has 0 N–H and O–H groups in total. The molecule has 2 heterocycles. The van der Waals surface area contributed by atoms with Gasteiger partial charge in [-0.15, -0.1) is 0 Å². The molecular weight excluding hydrogens is 781 g/mol. The van der Waals surface area contributed by atoms with Gasteiger partial charge in [0.25, 0.3) is 0 Å². The van der Waals surface area contributed by atoms with Crippen LogP contribution in [0.2, 0.25) is 0 Å². The van der Waals surface area contributed by atoms with Gasteiger partial charge in [0, 0.05) is 33.6 Å². The minimum atomic E-state index is -0.422. The Morgan fingerprint density at radius 1 is 0.469 bits per heavy atom. The van der Waals surface area contributed by atoms with Gasteiger partial charge in [-0.3, -0.25) is 0 Å². The van der Waals surface area contributed by atoms with Crippen molar-refractivity contribution in [2.24, 2.45) is 5.92 Å². The predicted octanol–water partition coefficient (Wildman–Crippen LogP) is 13.8. The van der Waals surface area contributed by atoms with Gasteiger partial charge in [-0.2, -0.15) is 0 Å². The topological polar surface area (TPSA) is 77.3 Å². The number of hydrogen-bond donors (Lipinski definition) is 0. The van der Waals surface area contributed by atoms with Crippen LogP contribution in [0, 0.1) is 5.92 Å². The fourth-order valence-electron chi connectivity index (χ4n) is 8.94. The van der Waals surface area contributed by atoms with Crippen molar-refractivity contribution in [3.05, 3.63) is 224 Å². The average Bonchev–Trinajstić information content (AvgIpc) is 3.36. The molecule has 0 saturated heterocycles. The third kappa shape index (κ3) is 7.43. The first-order chi connectivity index (χ1) is 31.5. The van der Waals surface area contributed by atoms with Crippen molar-refractivity contribution in [1.29, 1.82) is 0 Å². The van der Waals surface area contributed by atoms with Gasteiger partial charge in [0.2, 0.25) is 0 Å². The van der Waals surface area contributed by atoms with Crippen molar-refractivity contribution >= 4 is 27.1 Å². The van der Waals surface area contributed by atoms with Crippen LogP contribution in [-0.2, 0) is 5.41 Å². The van der Waals surface area contributed by atoms with Gasteiger partial charge in [0.15, 0.2) is 23.3 Å². The highest BCUT2D eigenvalue weighted by molar-refractivity contribution is 5.96. The zero-order valence-corrected chi connectivity index (χ0v) is 35.7. The van der Waals surface area contributed by atoms with Crippen molar-refractivity contribution in [3.63, 3.8) is 0 Å². The molecule has 0 bridgehead atoms. The van der Waals surface area contributed by atoms with Crippen LogP contribution < -0.4 is 0 Å². The van der Waals surface area contributed by atoms with E-state index in [0.29, 0.717) is 23.3 Å². The molecule has 3 unspecified atom stereocenters. The first kappa shape index (κ1) is 38.9. The molecule has 306 valence electrons. The molecule has 11 rings (SSSR count). The standard InChI is InChI=1S/C58H44N6/c1-38-15-6-9-24-47(38)54-62-56(51-28-14-21-42-17-8-11-26-49(42)51)64-57(63-54)58(2)35-33-40(34-36-58)46-23-12-22-45(37-46)39-29-31-44(32-30-39)53-59-52(43-18-4-3-5-19-43)60-55(61-53)50-27-13-20-41-16-7-10-25-48(41)50/h3-35,37-38,47H,36H2,1-2H3. The van der Waals surface area contributed by atoms with Gasteiger partial charge in [0.1, 0.15) is 11.6 Å². The molecule has 0 fully saturated rings. The predicted molar refractivity (Wildman–Crippen MR) is 261 cm³/mol. The van der Waals surface area contributed by atoms with E-state index in [4.69, 9.17) is 29.9 Å². The number of benzene rings is 7. The van der Waals surface area contributed by atoms with Gasteiger partial charge in [0.05, 0.1) is 0 Å². The summed E-state index contributed by atoms with van der Waals surface area (Å²) >= 11 is 0. The largest absolute Gasteiger partial charge is 0.216 e. The summed E-state index contributed by atoms with van der Waals surface area (Å²) in [6, 6.07) is 56.8. The van der Waals surface area contributed by atoms with Crippen LogP contribution in [0.1, 0.15) is 43.4 Å². The van der Waals surface area contributed by atoms with E-state index in [1.54, 1.807) is 0 Å². The second-order valence-corrected chi connectivity index (χ2v) is 17.0. The second-order valence-electron chi connectivity index (χ2n) is 17.0. The van der Waals surface area contributed by atoms with Crippen LogP contribution in [0.5, 0.6) is 0 Å². The van der Waals surface area contributed by atoms with Crippen LogP contribution in [0.4, 0.5) is 0 Å². The van der Waals surface area contributed by atoms with Gasteiger partial charge < -0.3 is 0 Å². The number of nitrogens with zero attached hydrogens (tertiary/aromatic N) is 6. The molecule has 2 aliphatic carbocycles. The Labute approximate surface area is 373 Å². The normalized spacial score (nSPS) is 18.1. The fourth-order valence-corrected chi connectivity index (χ4v) is 8.94. The molecular formula is C58H44N6. The zero-order valence-electron chi connectivity index (χ0n) is 35.7. The summed E-state index contributed by atoms with van der Waals surface area (Å²) in [7, 11) is 0. The number of allylic oxidation sites excluding steroid dienone is 8. The molecule has 0 aliphatic heterocycles. The quantitative estimate of drug-likeness (QED) is 0.152. The maximum atomic E-state index is 5.24. The monoisotopic (exact) mass is 824 g/mol. The van der Waals surface area contributed by atoms with Gasteiger partial charge in [-0.05, 0) is 69.1 Å². The highest BCUT2D eigenvalue weighted by Crippen LogP contribution is 2.39. The SMILES string of the molecule is CC1C=CC=CC1c1nc(-c2cccc3ccccc23)nc(C2(C)C=CC(c3cccc(-c4ccc(-c5nc(-c6ccccc6)nc(-c6cccc7ccccc67)n5)cc4)c3)=CC2)n1. The smallest absolute Gasteiger partial charge is 0.164 e. The highest BCUT2D eigenvalue weighted by atomic mass is 15.1. The van der Waals surface area contributed by atoms with E-state index in [1.165, 1.54) is 11.0 Å². The maximum absolute atomic E-state index is 5.24. The van der Waals surface area contributed by atoms with E-state index < -0.39 is 5.41 Å². The first-order valence-electron chi connectivity index (χ1n) is 22.0. The molecule has 64 heavy (non-hydrogen) atoms. The molecule has 3 atom stereocenters. The lowest BCUT2D eigenvalue weighted by atomic mass is 9.79. The summed E-state index contributed by atoms with van der Waals surface area (Å²) in [5.74, 6) is 4.57. The maximum Gasteiger partial charge on any atom is 0.164 e. The molecule has 7 aromatic carbocycles. The average molecular weight is 825 g/mol. The van der Waals surface area contributed by atoms with E-state index in [1.807, 2.05) is 30.3 Å². The minimum Gasteiger partial charge on any atom is -0.216 e. The Balaban J connectivity index is 0.892. The molecule has 9 aromatic rings. The number of aromatic nitrogens is 6. The summed E-state index contributed by atoms with van der Waals surface area (Å²) in [4.78, 5) is 30.7. The number of fused-ring (bicyclic) bond motifs is 2. The van der Waals surface area contributed by atoms with E-state index in [2.05, 4.69) is 190 Å². The molecule has 0 radical (unpaired) electrons. The Kier molecular flexibility index (Phi) is 9.97. The molecule has 2 aromatic heterocycles. The molecule has 0 saturated carbocycles. The van der Waals surface area contributed by atoms with E-state index in [-0.39, 0.29) is 11.8 Å². The van der Waals surface area contributed by atoms with E-state index in [9.17, 15) is 0 Å².